The predicted molar refractivity (Wildman–Crippen MR) is 70.9 cm³/mol. The highest BCUT2D eigenvalue weighted by atomic mass is 16.3. The van der Waals surface area contributed by atoms with Crippen molar-refractivity contribution in [3.05, 3.63) is 23.3 Å². The summed E-state index contributed by atoms with van der Waals surface area (Å²) in [6, 6.07) is 4.22. The van der Waals surface area contributed by atoms with Crippen molar-refractivity contribution in [2.75, 3.05) is 13.1 Å². The Morgan fingerprint density at radius 3 is 2.89 bits per heavy atom. The van der Waals surface area contributed by atoms with Crippen LogP contribution < -0.4 is 0 Å². The number of nitrogens with zero attached hydrogens (tertiary/aromatic N) is 1. The Bertz CT molecular complexity index is 458. The van der Waals surface area contributed by atoms with Crippen LogP contribution in [0.4, 0.5) is 0 Å². The molecule has 0 radical (unpaired) electrons. The molecule has 1 aliphatic heterocycles. The number of phenolic OH excluding ortho intramolecular Hbond substituents is 2. The van der Waals surface area contributed by atoms with Gasteiger partial charge in [0.05, 0.1) is 0 Å². The summed E-state index contributed by atoms with van der Waals surface area (Å²) in [6.07, 6.45) is 4.43. The fraction of sp³-hybridized carbons (Fsp3) is 0.600. The average molecular weight is 247 g/mol. The minimum Gasteiger partial charge on any atom is -0.504 e. The van der Waals surface area contributed by atoms with Crippen molar-refractivity contribution in [2.45, 2.75) is 38.6 Å². The molecule has 3 heteroatoms. The fourth-order valence-electron chi connectivity index (χ4n) is 3.71. The number of aromatic hydroxyl groups is 2. The number of hydrogen-bond acceptors (Lipinski definition) is 3. The molecule has 1 aromatic carbocycles. The molecule has 0 unspecified atom stereocenters. The van der Waals surface area contributed by atoms with Crippen molar-refractivity contribution in [2.24, 2.45) is 5.92 Å². The number of benzene rings is 1. The molecule has 1 aromatic rings. The maximum absolute atomic E-state index is 9.99. The van der Waals surface area contributed by atoms with Crippen LogP contribution in [0.5, 0.6) is 11.5 Å². The quantitative estimate of drug-likeness (QED) is 0.748. The molecule has 2 aliphatic rings. The molecule has 0 aromatic heterocycles. The predicted octanol–water partition coefficient (Wildman–Crippen LogP) is 2.30. The summed E-state index contributed by atoms with van der Waals surface area (Å²) in [6.45, 7) is 4.55. The molecule has 0 amide bonds. The van der Waals surface area contributed by atoms with Crippen LogP contribution in [-0.2, 0) is 12.8 Å². The first kappa shape index (κ1) is 11.8. The molecule has 3 nitrogen and oxygen atoms in total. The van der Waals surface area contributed by atoms with Crippen molar-refractivity contribution >= 4 is 0 Å². The smallest absolute Gasteiger partial charge is 0.160 e. The van der Waals surface area contributed by atoms with Crippen molar-refractivity contribution in [3.8, 4) is 11.5 Å². The van der Waals surface area contributed by atoms with Gasteiger partial charge in [-0.2, -0.15) is 0 Å². The van der Waals surface area contributed by atoms with Gasteiger partial charge < -0.3 is 15.1 Å². The molecule has 3 rings (SSSR count). The van der Waals surface area contributed by atoms with Gasteiger partial charge in [0.1, 0.15) is 0 Å². The van der Waals surface area contributed by atoms with E-state index in [0.717, 1.165) is 24.9 Å². The number of likely N-dealkylation sites (N-methyl/N-ethyl adjacent to an activating group) is 1. The van der Waals surface area contributed by atoms with E-state index in [0.29, 0.717) is 12.0 Å². The molecular weight excluding hydrogens is 226 g/mol. The zero-order chi connectivity index (χ0) is 12.7. The maximum atomic E-state index is 9.99. The lowest BCUT2D eigenvalue weighted by molar-refractivity contribution is 0.0902. The zero-order valence-electron chi connectivity index (χ0n) is 10.9. The molecule has 18 heavy (non-hydrogen) atoms. The Kier molecular flexibility index (Phi) is 2.94. The normalized spacial score (nSPS) is 27.6. The first-order valence-corrected chi connectivity index (χ1v) is 6.97. The monoisotopic (exact) mass is 247 g/mol. The summed E-state index contributed by atoms with van der Waals surface area (Å²) in [5.41, 5.74) is 2.20. The van der Waals surface area contributed by atoms with Crippen LogP contribution in [0.2, 0.25) is 0 Å². The van der Waals surface area contributed by atoms with E-state index in [-0.39, 0.29) is 11.5 Å². The van der Waals surface area contributed by atoms with Gasteiger partial charge in [0.25, 0.3) is 0 Å². The standard InChI is InChI=1S/C15H21NO2/c1-2-16-7-3-4-11-8-12-10(9-13(11)16)5-6-14(17)15(12)18/h5-6,11,13,17-18H,2-4,7-9H2,1H3/t11-,13-/m1/s1. The van der Waals surface area contributed by atoms with E-state index in [2.05, 4.69) is 11.8 Å². The van der Waals surface area contributed by atoms with Crippen LogP contribution in [0.25, 0.3) is 0 Å². The largest absolute Gasteiger partial charge is 0.504 e. The minimum atomic E-state index is 0.0235. The van der Waals surface area contributed by atoms with E-state index in [4.69, 9.17) is 0 Å². The van der Waals surface area contributed by atoms with Gasteiger partial charge in [0.2, 0.25) is 0 Å². The zero-order valence-corrected chi connectivity index (χ0v) is 10.9. The molecule has 1 saturated heterocycles. The van der Waals surface area contributed by atoms with E-state index in [9.17, 15) is 10.2 Å². The molecule has 2 N–H and O–H groups in total. The van der Waals surface area contributed by atoms with Gasteiger partial charge in [-0.05, 0) is 56.3 Å². The Morgan fingerprint density at radius 2 is 2.11 bits per heavy atom. The SMILES string of the molecule is CCN1CCC[C@@H]2Cc3c(ccc(O)c3O)C[C@H]21. The van der Waals surface area contributed by atoms with Crippen LogP contribution in [0.3, 0.4) is 0 Å². The van der Waals surface area contributed by atoms with E-state index in [1.54, 1.807) is 6.07 Å². The third-order valence-electron chi connectivity index (χ3n) is 4.69. The molecule has 0 spiro atoms. The minimum absolute atomic E-state index is 0.0235. The van der Waals surface area contributed by atoms with Crippen LogP contribution in [0.15, 0.2) is 12.1 Å². The Labute approximate surface area is 108 Å². The second-order valence-electron chi connectivity index (χ2n) is 5.58. The summed E-state index contributed by atoms with van der Waals surface area (Å²) in [7, 11) is 0. The molecule has 0 bridgehead atoms. The van der Waals surface area contributed by atoms with Gasteiger partial charge in [-0.25, -0.2) is 0 Å². The fourth-order valence-corrected chi connectivity index (χ4v) is 3.71. The highest BCUT2D eigenvalue weighted by Gasteiger charge is 2.35. The summed E-state index contributed by atoms with van der Waals surface area (Å²) in [4.78, 5) is 2.57. The Morgan fingerprint density at radius 1 is 1.28 bits per heavy atom. The van der Waals surface area contributed by atoms with E-state index >= 15 is 0 Å². The van der Waals surface area contributed by atoms with Gasteiger partial charge in [-0.3, -0.25) is 0 Å². The lowest BCUT2D eigenvalue weighted by atomic mass is 9.75. The van der Waals surface area contributed by atoms with E-state index in [1.807, 2.05) is 6.07 Å². The number of phenols is 2. The van der Waals surface area contributed by atoms with Crippen molar-refractivity contribution in [3.63, 3.8) is 0 Å². The summed E-state index contributed by atoms with van der Waals surface area (Å²) < 4.78 is 0. The van der Waals surface area contributed by atoms with Crippen molar-refractivity contribution < 1.29 is 10.2 Å². The molecule has 1 aliphatic carbocycles. The number of fused-ring (bicyclic) bond motifs is 2. The summed E-state index contributed by atoms with van der Waals surface area (Å²) >= 11 is 0. The summed E-state index contributed by atoms with van der Waals surface area (Å²) in [5, 5.41) is 19.6. The number of rotatable bonds is 1. The molecule has 1 fully saturated rings. The topological polar surface area (TPSA) is 43.7 Å². The molecule has 98 valence electrons. The molecule has 2 atom stereocenters. The number of likely N-dealkylation sites (tertiary alicyclic amines) is 1. The van der Waals surface area contributed by atoms with Gasteiger partial charge in [0, 0.05) is 11.6 Å². The van der Waals surface area contributed by atoms with E-state index < -0.39 is 0 Å². The van der Waals surface area contributed by atoms with Gasteiger partial charge >= 0.3 is 0 Å². The molecular formula is C15H21NO2. The summed E-state index contributed by atoms with van der Waals surface area (Å²) in [5.74, 6) is 0.772. The highest BCUT2D eigenvalue weighted by Crippen LogP contribution is 2.41. The van der Waals surface area contributed by atoms with E-state index in [1.165, 1.54) is 24.9 Å². The maximum Gasteiger partial charge on any atom is 0.160 e. The first-order chi connectivity index (χ1) is 8.70. The van der Waals surface area contributed by atoms with Gasteiger partial charge in [-0.1, -0.05) is 13.0 Å². The Balaban J connectivity index is 1.95. The third-order valence-corrected chi connectivity index (χ3v) is 4.69. The second kappa shape index (κ2) is 4.47. The van der Waals surface area contributed by atoms with Crippen molar-refractivity contribution in [1.82, 2.24) is 4.90 Å². The molecule has 1 heterocycles. The second-order valence-corrected chi connectivity index (χ2v) is 5.58. The van der Waals surface area contributed by atoms with Crippen LogP contribution in [0.1, 0.15) is 30.9 Å². The lowest BCUT2D eigenvalue weighted by Gasteiger charge is -2.44. The van der Waals surface area contributed by atoms with Crippen molar-refractivity contribution in [1.29, 1.82) is 0 Å². The molecule has 0 saturated carbocycles. The van der Waals surface area contributed by atoms with Crippen LogP contribution in [0, 0.1) is 5.92 Å². The lowest BCUT2D eigenvalue weighted by Crippen LogP contribution is -2.48. The first-order valence-electron chi connectivity index (χ1n) is 6.97. The number of hydrogen-bond donors (Lipinski definition) is 2. The average Bonchev–Trinajstić information content (AvgIpc) is 2.41. The third kappa shape index (κ3) is 1.77. The van der Waals surface area contributed by atoms with Crippen LogP contribution >= 0.6 is 0 Å². The van der Waals surface area contributed by atoms with Gasteiger partial charge in [-0.15, -0.1) is 0 Å². The van der Waals surface area contributed by atoms with Crippen LogP contribution in [-0.4, -0.2) is 34.2 Å². The number of piperidine rings is 1. The highest BCUT2D eigenvalue weighted by molar-refractivity contribution is 5.50. The van der Waals surface area contributed by atoms with Gasteiger partial charge in [0.15, 0.2) is 11.5 Å². The Hall–Kier alpha value is -1.22.